The number of nitrogens with two attached hydrogens (primary N) is 1. The maximum atomic E-state index is 6.38. The van der Waals surface area contributed by atoms with Crippen molar-refractivity contribution in [3.63, 3.8) is 0 Å². The molecule has 2 N–H and O–H groups in total. The molecule has 0 spiro atoms. The summed E-state index contributed by atoms with van der Waals surface area (Å²) in [6.07, 6.45) is 0.835. The summed E-state index contributed by atoms with van der Waals surface area (Å²) in [6.45, 7) is 8.79. The summed E-state index contributed by atoms with van der Waals surface area (Å²) < 4.78 is 0. The van der Waals surface area contributed by atoms with Gasteiger partial charge in [0.2, 0.25) is 0 Å². The van der Waals surface area contributed by atoms with Crippen molar-refractivity contribution in [3.8, 4) is 0 Å². The van der Waals surface area contributed by atoms with Crippen LogP contribution in [0.3, 0.4) is 0 Å². The van der Waals surface area contributed by atoms with E-state index in [2.05, 4.69) is 36.6 Å². The van der Waals surface area contributed by atoms with E-state index in [0.29, 0.717) is 10.5 Å². The molecular formula is C15H23ClN2S. The molecule has 19 heavy (non-hydrogen) atoms. The summed E-state index contributed by atoms with van der Waals surface area (Å²) in [4.78, 5) is 2.47. The van der Waals surface area contributed by atoms with Gasteiger partial charge in [0.25, 0.3) is 0 Å². The van der Waals surface area contributed by atoms with E-state index in [4.69, 9.17) is 17.3 Å². The topological polar surface area (TPSA) is 29.3 Å². The zero-order valence-corrected chi connectivity index (χ0v) is 13.5. The summed E-state index contributed by atoms with van der Waals surface area (Å²) in [5.41, 5.74) is 8.43. The minimum atomic E-state index is 0.132. The molecule has 0 saturated carbocycles. The molecule has 0 radical (unpaired) electrons. The van der Waals surface area contributed by atoms with Crippen LogP contribution in [0.1, 0.15) is 26.3 Å². The van der Waals surface area contributed by atoms with E-state index in [1.165, 1.54) is 11.3 Å². The van der Waals surface area contributed by atoms with Crippen LogP contribution in [0.15, 0.2) is 18.2 Å². The summed E-state index contributed by atoms with van der Waals surface area (Å²) in [6, 6.07) is 6.32. The fourth-order valence-electron chi connectivity index (χ4n) is 2.74. The first-order valence-electron chi connectivity index (χ1n) is 6.90. The highest BCUT2D eigenvalue weighted by Crippen LogP contribution is 2.33. The van der Waals surface area contributed by atoms with Crippen LogP contribution in [0, 0.1) is 0 Å². The number of hydrogen-bond donors (Lipinski definition) is 1. The quantitative estimate of drug-likeness (QED) is 0.925. The zero-order valence-electron chi connectivity index (χ0n) is 11.9. The highest BCUT2D eigenvalue weighted by molar-refractivity contribution is 8.00. The minimum absolute atomic E-state index is 0.132. The van der Waals surface area contributed by atoms with Gasteiger partial charge in [0.05, 0.1) is 0 Å². The van der Waals surface area contributed by atoms with Crippen molar-refractivity contribution in [2.24, 2.45) is 5.73 Å². The lowest BCUT2D eigenvalue weighted by atomic mass is 10.0. The largest absolute Gasteiger partial charge is 0.369 e. The Morgan fingerprint density at radius 2 is 2.00 bits per heavy atom. The first-order valence-corrected chi connectivity index (χ1v) is 8.22. The SMILES string of the molecule is CC(N)Cc1c(Cl)cccc1N1CC(C)SC(C)C1. The predicted octanol–water partition coefficient (Wildman–Crippen LogP) is 3.56. The van der Waals surface area contributed by atoms with E-state index in [9.17, 15) is 0 Å². The third-order valence-corrected chi connectivity index (χ3v) is 4.96. The molecule has 2 rings (SSSR count). The van der Waals surface area contributed by atoms with Gasteiger partial charge in [0.15, 0.2) is 0 Å². The standard InChI is InChI=1S/C15H23ClN2S/c1-10(17)7-13-14(16)5-4-6-15(13)18-8-11(2)19-12(3)9-18/h4-6,10-12H,7-9,17H2,1-3H3. The Balaban J connectivity index is 2.30. The highest BCUT2D eigenvalue weighted by Gasteiger charge is 2.24. The van der Waals surface area contributed by atoms with Gasteiger partial charge in [0, 0.05) is 40.3 Å². The van der Waals surface area contributed by atoms with E-state index in [0.717, 1.165) is 24.5 Å². The minimum Gasteiger partial charge on any atom is -0.369 e. The molecule has 1 heterocycles. The van der Waals surface area contributed by atoms with E-state index in [1.54, 1.807) is 0 Å². The monoisotopic (exact) mass is 298 g/mol. The van der Waals surface area contributed by atoms with Gasteiger partial charge >= 0.3 is 0 Å². The Labute approximate surface area is 125 Å². The smallest absolute Gasteiger partial charge is 0.0459 e. The molecule has 4 heteroatoms. The Kier molecular flexibility index (Phi) is 5.04. The summed E-state index contributed by atoms with van der Waals surface area (Å²) in [5.74, 6) is 0. The molecule has 1 aromatic carbocycles. The lowest BCUT2D eigenvalue weighted by Gasteiger charge is -2.37. The number of benzene rings is 1. The molecule has 1 fully saturated rings. The molecule has 1 aliphatic rings. The number of hydrogen-bond acceptors (Lipinski definition) is 3. The van der Waals surface area contributed by atoms with Gasteiger partial charge in [-0.25, -0.2) is 0 Å². The molecule has 0 bridgehead atoms. The Bertz CT molecular complexity index is 426. The second-order valence-electron chi connectivity index (χ2n) is 5.58. The van der Waals surface area contributed by atoms with E-state index < -0.39 is 0 Å². The first-order chi connectivity index (χ1) is 8.97. The molecule has 0 aromatic heterocycles. The number of rotatable bonds is 3. The lowest BCUT2D eigenvalue weighted by Crippen LogP contribution is -2.41. The second kappa shape index (κ2) is 6.38. The maximum absolute atomic E-state index is 6.38. The molecule has 0 aliphatic carbocycles. The molecule has 1 saturated heterocycles. The molecule has 1 aromatic rings. The molecule has 0 amide bonds. The Hall–Kier alpha value is -0.380. The van der Waals surface area contributed by atoms with Gasteiger partial charge < -0.3 is 10.6 Å². The van der Waals surface area contributed by atoms with Gasteiger partial charge in [-0.3, -0.25) is 0 Å². The second-order valence-corrected chi connectivity index (χ2v) is 7.87. The zero-order chi connectivity index (χ0) is 14.0. The first kappa shape index (κ1) is 15.0. The fourth-order valence-corrected chi connectivity index (χ4v) is 4.31. The van der Waals surface area contributed by atoms with Crippen LogP contribution in [0.2, 0.25) is 5.02 Å². The van der Waals surface area contributed by atoms with E-state index in [1.807, 2.05) is 19.1 Å². The number of halogens is 1. The molecule has 1 aliphatic heterocycles. The summed E-state index contributed by atoms with van der Waals surface area (Å²) >= 11 is 8.44. The molecule has 3 atom stereocenters. The lowest BCUT2D eigenvalue weighted by molar-refractivity contribution is 0.706. The van der Waals surface area contributed by atoms with Gasteiger partial charge in [-0.1, -0.05) is 31.5 Å². The van der Waals surface area contributed by atoms with Crippen molar-refractivity contribution in [2.45, 2.75) is 43.7 Å². The molecule has 3 unspecified atom stereocenters. The van der Waals surface area contributed by atoms with Crippen LogP contribution in [0.5, 0.6) is 0 Å². The van der Waals surface area contributed by atoms with Crippen LogP contribution in [-0.2, 0) is 6.42 Å². The van der Waals surface area contributed by atoms with Crippen LogP contribution in [-0.4, -0.2) is 29.6 Å². The summed E-state index contributed by atoms with van der Waals surface area (Å²) in [5, 5.41) is 2.16. The van der Waals surface area contributed by atoms with Gasteiger partial charge in [-0.05, 0) is 31.0 Å². The van der Waals surface area contributed by atoms with Crippen molar-refractivity contribution >= 4 is 29.1 Å². The average Bonchev–Trinajstić information content (AvgIpc) is 2.30. The number of thioether (sulfide) groups is 1. The van der Waals surface area contributed by atoms with Crippen molar-refractivity contribution in [1.29, 1.82) is 0 Å². The molecular weight excluding hydrogens is 276 g/mol. The van der Waals surface area contributed by atoms with Crippen molar-refractivity contribution < 1.29 is 0 Å². The maximum Gasteiger partial charge on any atom is 0.0459 e. The Morgan fingerprint density at radius 1 is 1.37 bits per heavy atom. The Morgan fingerprint density at radius 3 is 2.58 bits per heavy atom. The van der Waals surface area contributed by atoms with Crippen molar-refractivity contribution in [2.75, 3.05) is 18.0 Å². The van der Waals surface area contributed by atoms with Crippen LogP contribution in [0.4, 0.5) is 5.69 Å². The third-order valence-electron chi connectivity index (χ3n) is 3.38. The van der Waals surface area contributed by atoms with Crippen LogP contribution < -0.4 is 10.6 Å². The average molecular weight is 299 g/mol. The van der Waals surface area contributed by atoms with Gasteiger partial charge in [-0.2, -0.15) is 11.8 Å². The van der Waals surface area contributed by atoms with Crippen LogP contribution >= 0.6 is 23.4 Å². The van der Waals surface area contributed by atoms with Crippen molar-refractivity contribution in [1.82, 2.24) is 0 Å². The number of anilines is 1. The van der Waals surface area contributed by atoms with Gasteiger partial charge in [0.1, 0.15) is 0 Å². The number of nitrogens with zero attached hydrogens (tertiary/aromatic N) is 1. The summed E-state index contributed by atoms with van der Waals surface area (Å²) in [7, 11) is 0. The molecule has 2 nitrogen and oxygen atoms in total. The van der Waals surface area contributed by atoms with Crippen LogP contribution in [0.25, 0.3) is 0 Å². The third kappa shape index (κ3) is 3.80. The van der Waals surface area contributed by atoms with Gasteiger partial charge in [-0.15, -0.1) is 0 Å². The fraction of sp³-hybridized carbons (Fsp3) is 0.600. The normalized spacial score (nSPS) is 25.4. The van der Waals surface area contributed by atoms with Crippen molar-refractivity contribution in [3.05, 3.63) is 28.8 Å². The van der Waals surface area contributed by atoms with E-state index >= 15 is 0 Å². The highest BCUT2D eigenvalue weighted by atomic mass is 35.5. The molecule has 106 valence electrons. The predicted molar refractivity (Wildman–Crippen MR) is 87.5 cm³/mol. The van der Waals surface area contributed by atoms with E-state index in [-0.39, 0.29) is 6.04 Å².